The monoisotopic (exact) mass is 292 g/mol. The van der Waals surface area contributed by atoms with Crippen molar-refractivity contribution < 1.29 is 0 Å². The highest BCUT2D eigenvalue weighted by Crippen LogP contribution is 2.27. The Kier molecular flexibility index (Phi) is 3.19. The van der Waals surface area contributed by atoms with Crippen LogP contribution in [0.15, 0.2) is 29.0 Å². The van der Waals surface area contributed by atoms with Gasteiger partial charge in [0.05, 0.1) is 17.4 Å². The maximum Gasteiger partial charge on any atom is 0.0958 e. The first-order chi connectivity index (χ1) is 8.33. The number of rotatable bonds is 2. The molecule has 1 fully saturated rings. The van der Waals surface area contributed by atoms with Crippen LogP contribution in [0.4, 0.5) is 0 Å². The Morgan fingerprint density at radius 3 is 2.88 bits per heavy atom. The number of hydrogen-bond acceptors (Lipinski definition) is 1. The van der Waals surface area contributed by atoms with Gasteiger partial charge in [0.1, 0.15) is 0 Å². The molecule has 0 bridgehead atoms. The van der Waals surface area contributed by atoms with Crippen molar-refractivity contribution in [2.24, 2.45) is 5.92 Å². The molecule has 1 aromatic heterocycles. The molecule has 1 aliphatic rings. The van der Waals surface area contributed by atoms with Gasteiger partial charge in [-0.25, -0.2) is 4.98 Å². The van der Waals surface area contributed by atoms with Gasteiger partial charge >= 0.3 is 0 Å². The molecule has 17 heavy (non-hydrogen) atoms. The Morgan fingerprint density at radius 2 is 2.06 bits per heavy atom. The third kappa shape index (κ3) is 2.39. The van der Waals surface area contributed by atoms with Gasteiger partial charge in [-0.05, 0) is 37.0 Å². The summed E-state index contributed by atoms with van der Waals surface area (Å²) in [5, 5.41) is 0. The van der Waals surface area contributed by atoms with Crippen LogP contribution in [-0.4, -0.2) is 9.55 Å². The number of nitrogens with zero attached hydrogens (tertiary/aromatic N) is 2. The Labute approximate surface area is 110 Å². The zero-order valence-corrected chi connectivity index (χ0v) is 11.5. The molecule has 1 heterocycles. The second kappa shape index (κ2) is 4.81. The van der Waals surface area contributed by atoms with Crippen LogP contribution in [0, 0.1) is 5.92 Å². The first-order valence-electron chi connectivity index (χ1n) is 6.43. The summed E-state index contributed by atoms with van der Waals surface area (Å²) in [6.45, 7) is 1.13. The summed E-state index contributed by atoms with van der Waals surface area (Å²) in [5.74, 6) is 0.847. The lowest BCUT2D eigenvalue weighted by Crippen LogP contribution is -2.13. The molecule has 0 aliphatic heterocycles. The number of aromatic nitrogens is 2. The van der Waals surface area contributed by atoms with E-state index in [1.807, 2.05) is 6.33 Å². The maximum atomic E-state index is 4.47. The van der Waals surface area contributed by atoms with Crippen LogP contribution >= 0.6 is 15.9 Å². The largest absolute Gasteiger partial charge is 0.330 e. The fourth-order valence-electron chi connectivity index (χ4n) is 2.82. The van der Waals surface area contributed by atoms with Crippen molar-refractivity contribution in [3.63, 3.8) is 0 Å². The SMILES string of the molecule is Brc1ccc2ncn(CC3CCCCC3)c2c1. The van der Waals surface area contributed by atoms with E-state index in [1.54, 1.807) is 0 Å². The van der Waals surface area contributed by atoms with Crippen LogP contribution in [0.2, 0.25) is 0 Å². The van der Waals surface area contributed by atoms with E-state index < -0.39 is 0 Å². The average molecular weight is 293 g/mol. The van der Waals surface area contributed by atoms with Gasteiger partial charge in [-0.2, -0.15) is 0 Å². The van der Waals surface area contributed by atoms with Gasteiger partial charge in [0.2, 0.25) is 0 Å². The lowest BCUT2D eigenvalue weighted by molar-refractivity contribution is 0.322. The number of halogens is 1. The molecule has 1 aliphatic carbocycles. The molecule has 0 radical (unpaired) electrons. The lowest BCUT2D eigenvalue weighted by Gasteiger charge is -2.22. The summed E-state index contributed by atoms with van der Waals surface area (Å²) in [4.78, 5) is 4.47. The summed E-state index contributed by atoms with van der Waals surface area (Å²) in [6.07, 6.45) is 8.99. The van der Waals surface area contributed by atoms with Crippen molar-refractivity contribution in [3.05, 3.63) is 29.0 Å². The van der Waals surface area contributed by atoms with Crippen LogP contribution in [0.1, 0.15) is 32.1 Å². The molecular weight excluding hydrogens is 276 g/mol. The zero-order valence-electron chi connectivity index (χ0n) is 9.90. The summed E-state index contributed by atoms with van der Waals surface area (Å²) in [7, 11) is 0. The lowest BCUT2D eigenvalue weighted by atomic mass is 9.89. The van der Waals surface area contributed by atoms with Crippen molar-refractivity contribution in [3.8, 4) is 0 Å². The Balaban J connectivity index is 1.86. The third-order valence-electron chi connectivity index (χ3n) is 3.76. The first kappa shape index (κ1) is 11.3. The molecule has 3 heteroatoms. The summed E-state index contributed by atoms with van der Waals surface area (Å²) in [6, 6.07) is 6.31. The minimum atomic E-state index is 0.847. The molecule has 0 spiro atoms. The van der Waals surface area contributed by atoms with E-state index in [0.29, 0.717) is 0 Å². The highest BCUT2D eigenvalue weighted by atomic mass is 79.9. The highest BCUT2D eigenvalue weighted by Gasteiger charge is 2.15. The number of fused-ring (bicyclic) bond motifs is 1. The van der Waals surface area contributed by atoms with Crippen LogP contribution in [0.25, 0.3) is 11.0 Å². The van der Waals surface area contributed by atoms with Gasteiger partial charge in [-0.3, -0.25) is 0 Å². The molecule has 0 N–H and O–H groups in total. The summed E-state index contributed by atoms with van der Waals surface area (Å²) >= 11 is 3.54. The standard InChI is InChI=1S/C14H17BrN2/c15-12-6-7-13-14(8-12)17(10-16-13)9-11-4-2-1-3-5-11/h6-8,10-11H,1-5,9H2. The summed E-state index contributed by atoms with van der Waals surface area (Å²) in [5.41, 5.74) is 2.36. The molecule has 1 aromatic carbocycles. The van der Waals surface area contributed by atoms with Gasteiger partial charge in [-0.15, -0.1) is 0 Å². The van der Waals surface area contributed by atoms with Crippen LogP contribution < -0.4 is 0 Å². The quantitative estimate of drug-likeness (QED) is 0.803. The van der Waals surface area contributed by atoms with Crippen LogP contribution in [-0.2, 0) is 6.54 Å². The molecule has 3 rings (SSSR count). The van der Waals surface area contributed by atoms with E-state index in [9.17, 15) is 0 Å². The van der Waals surface area contributed by atoms with E-state index in [-0.39, 0.29) is 0 Å². The van der Waals surface area contributed by atoms with Gasteiger partial charge in [-0.1, -0.05) is 35.2 Å². The van der Waals surface area contributed by atoms with Crippen LogP contribution in [0.5, 0.6) is 0 Å². The molecule has 0 unspecified atom stereocenters. The van der Waals surface area contributed by atoms with E-state index in [4.69, 9.17) is 0 Å². The second-order valence-corrected chi connectivity index (χ2v) is 5.95. The smallest absolute Gasteiger partial charge is 0.0958 e. The fraction of sp³-hybridized carbons (Fsp3) is 0.500. The van der Waals surface area contributed by atoms with Crippen molar-refractivity contribution in [2.45, 2.75) is 38.6 Å². The van der Waals surface area contributed by atoms with E-state index in [0.717, 1.165) is 22.5 Å². The predicted octanol–water partition coefficient (Wildman–Crippen LogP) is 4.38. The van der Waals surface area contributed by atoms with Gasteiger partial charge in [0.25, 0.3) is 0 Å². The maximum absolute atomic E-state index is 4.47. The Morgan fingerprint density at radius 1 is 1.24 bits per heavy atom. The van der Waals surface area contributed by atoms with E-state index >= 15 is 0 Å². The third-order valence-corrected chi connectivity index (χ3v) is 4.26. The Bertz CT molecular complexity index is 512. The zero-order chi connectivity index (χ0) is 11.7. The molecule has 90 valence electrons. The molecule has 0 atom stereocenters. The number of benzene rings is 1. The highest BCUT2D eigenvalue weighted by molar-refractivity contribution is 9.10. The van der Waals surface area contributed by atoms with Crippen molar-refractivity contribution in [1.82, 2.24) is 9.55 Å². The Hall–Kier alpha value is -0.830. The molecule has 0 saturated heterocycles. The molecule has 2 nitrogen and oxygen atoms in total. The molecule has 1 saturated carbocycles. The number of imidazole rings is 1. The van der Waals surface area contributed by atoms with Gasteiger partial charge < -0.3 is 4.57 Å². The normalized spacial score (nSPS) is 17.7. The van der Waals surface area contributed by atoms with Crippen molar-refractivity contribution in [1.29, 1.82) is 0 Å². The average Bonchev–Trinajstić information content (AvgIpc) is 2.73. The molecule has 2 aromatic rings. The fourth-order valence-corrected chi connectivity index (χ4v) is 3.17. The van der Waals surface area contributed by atoms with Gasteiger partial charge in [0.15, 0.2) is 0 Å². The van der Waals surface area contributed by atoms with Gasteiger partial charge in [0, 0.05) is 11.0 Å². The minimum Gasteiger partial charge on any atom is -0.330 e. The molecular formula is C14H17BrN2. The van der Waals surface area contributed by atoms with Crippen molar-refractivity contribution in [2.75, 3.05) is 0 Å². The second-order valence-electron chi connectivity index (χ2n) is 5.03. The number of hydrogen-bond donors (Lipinski definition) is 0. The molecule has 0 amide bonds. The van der Waals surface area contributed by atoms with E-state index in [2.05, 4.69) is 43.7 Å². The predicted molar refractivity (Wildman–Crippen MR) is 74.0 cm³/mol. The van der Waals surface area contributed by atoms with Crippen LogP contribution in [0.3, 0.4) is 0 Å². The minimum absolute atomic E-state index is 0.847. The van der Waals surface area contributed by atoms with E-state index in [1.165, 1.54) is 37.6 Å². The first-order valence-corrected chi connectivity index (χ1v) is 7.22. The summed E-state index contributed by atoms with van der Waals surface area (Å²) < 4.78 is 3.45. The topological polar surface area (TPSA) is 17.8 Å². The van der Waals surface area contributed by atoms with Crippen molar-refractivity contribution >= 4 is 27.0 Å².